The van der Waals surface area contributed by atoms with Crippen molar-refractivity contribution in [2.75, 3.05) is 12.8 Å². The predicted octanol–water partition coefficient (Wildman–Crippen LogP) is 2.51. The van der Waals surface area contributed by atoms with Crippen molar-refractivity contribution in [3.8, 4) is 17.1 Å². The number of tetrazole rings is 1. The monoisotopic (exact) mass is 275 g/mol. The van der Waals surface area contributed by atoms with Crippen molar-refractivity contribution >= 4 is 5.69 Å². The molecule has 2 rings (SSSR count). The molecule has 0 amide bonds. The summed E-state index contributed by atoms with van der Waals surface area (Å²) < 4.78 is 7.05. The average molecular weight is 275 g/mol. The van der Waals surface area contributed by atoms with Gasteiger partial charge < -0.3 is 10.5 Å². The fourth-order valence-electron chi connectivity index (χ4n) is 2.12. The summed E-state index contributed by atoms with van der Waals surface area (Å²) in [4.78, 5) is 0. The van der Waals surface area contributed by atoms with E-state index in [4.69, 9.17) is 10.5 Å². The van der Waals surface area contributed by atoms with E-state index in [9.17, 15) is 0 Å². The largest absolute Gasteiger partial charge is 0.497 e. The van der Waals surface area contributed by atoms with Gasteiger partial charge in [-0.15, -0.1) is 5.10 Å². The van der Waals surface area contributed by atoms with Crippen molar-refractivity contribution in [3.05, 3.63) is 18.2 Å². The van der Waals surface area contributed by atoms with Crippen LogP contribution in [0.1, 0.15) is 32.6 Å². The average Bonchev–Trinajstić information content (AvgIpc) is 2.91. The Labute approximate surface area is 118 Å². The van der Waals surface area contributed by atoms with Crippen LogP contribution >= 0.6 is 0 Å². The number of aromatic nitrogens is 4. The molecule has 1 aromatic carbocycles. The van der Waals surface area contributed by atoms with E-state index in [1.165, 1.54) is 19.3 Å². The molecule has 6 nitrogen and oxygen atoms in total. The van der Waals surface area contributed by atoms with Gasteiger partial charge in [0.25, 0.3) is 0 Å². The Morgan fingerprint density at radius 3 is 2.80 bits per heavy atom. The van der Waals surface area contributed by atoms with Gasteiger partial charge in [-0.1, -0.05) is 26.2 Å². The third-order valence-electron chi connectivity index (χ3n) is 3.18. The van der Waals surface area contributed by atoms with Crippen molar-refractivity contribution in [3.63, 3.8) is 0 Å². The number of benzene rings is 1. The summed E-state index contributed by atoms with van der Waals surface area (Å²) >= 11 is 0. The minimum absolute atomic E-state index is 0.639. The lowest BCUT2D eigenvalue weighted by atomic mass is 10.1. The predicted molar refractivity (Wildman–Crippen MR) is 78.4 cm³/mol. The van der Waals surface area contributed by atoms with Crippen molar-refractivity contribution < 1.29 is 4.74 Å². The molecule has 2 N–H and O–H groups in total. The molecule has 108 valence electrons. The lowest BCUT2D eigenvalue weighted by Crippen LogP contribution is -2.03. The lowest BCUT2D eigenvalue weighted by molar-refractivity contribution is 0.415. The van der Waals surface area contributed by atoms with Crippen molar-refractivity contribution in [1.29, 1.82) is 0 Å². The van der Waals surface area contributed by atoms with Crippen LogP contribution in [0, 0.1) is 0 Å². The number of nitrogens with two attached hydrogens (primary N) is 1. The summed E-state index contributed by atoms with van der Waals surface area (Å²) in [5.41, 5.74) is 7.39. The number of nitrogens with zero attached hydrogens (tertiary/aromatic N) is 4. The van der Waals surface area contributed by atoms with E-state index >= 15 is 0 Å². The number of methoxy groups -OCH3 is 1. The molecule has 1 aromatic heterocycles. The number of ether oxygens (including phenoxy) is 1. The van der Waals surface area contributed by atoms with Crippen LogP contribution in [0.2, 0.25) is 0 Å². The highest BCUT2D eigenvalue weighted by molar-refractivity contribution is 5.64. The SMILES string of the molecule is CCCCCCn1nnnc1-c1cc(N)cc(OC)c1. The zero-order valence-electron chi connectivity index (χ0n) is 12.0. The smallest absolute Gasteiger partial charge is 0.182 e. The van der Waals surface area contributed by atoms with Gasteiger partial charge >= 0.3 is 0 Å². The van der Waals surface area contributed by atoms with E-state index in [-0.39, 0.29) is 0 Å². The van der Waals surface area contributed by atoms with E-state index < -0.39 is 0 Å². The van der Waals surface area contributed by atoms with Gasteiger partial charge in [0, 0.05) is 23.9 Å². The standard InChI is InChI=1S/C14H21N5O/c1-3-4-5-6-7-19-14(16-17-18-19)11-8-12(15)10-13(9-11)20-2/h8-10H,3-7,15H2,1-2H3. The fourth-order valence-corrected chi connectivity index (χ4v) is 2.12. The van der Waals surface area contributed by atoms with Crippen LogP contribution in [0.3, 0.4) is 0 Å². The Kier molecular flexibility index (Phi) is 4.92. The number of rotatable bonds is 7. The number of hydrogen-bond donors (Lipinski definition) is 1. The van der Waals surface area contributed by atoms with Gasteiger partial charge in [0.2, 0.25) is 0 Å². The summed E-state index contributed by atoms with van der Waals surface area (Å²) in [6.45, 7) is 3.01. The maximum Gasteiger partial charge on any atom is 0.182 e. The molecule has 1 heterocycles. The molecule has 0 aliphatic rings. The van der Waals surface area contributed by atoms with E-state index in [0.717, 1.165) is 24.4 Å². The van der Waals surface area contributed by atoms with Crippen molar-refractivity contribution in [1.82, 2.24) is 20.2 Å². The Hall–Kier alpha value is -2.11. The van der Waals surface area contributed by atoms with Gasteiger partial charge in [-0.3, -0.25) is 0 Å². The van der Waals surface area contributed by atoms with Crippen LogP contribution in [0.5, 0.6) is 5.75 Å². The molecule has 6 heteroatoms. The van der Waals surface area contributed by atoms with Crippen molar-refractivity contribution in [2.45, 2.75) is 39.2 Å². The molecule has 0 aliphatic carbocycles. The first-order valence-electron chi connectivity index (χ1n) is 6.95. The van der Waals surface area contributed by atoms with Gasteiger partial charge in [0.05, 0.1) is 7.11 Å². The van der Waals surface area contributed by atoms with Gasteiger partial charge in [0.15, 0.2) is 5.82 Å². The second-order valence-electron chi connectivity index (χ2n) is 4.78. The number of aryl methyl sites for hydroxylation is 1. The second kappa shape index (κ2) is 6.88. The Morgan fingerprint density at radius 2 is 2.05 bits per heavy atom. The molecule has 20 heavy (non-hydrogen) atoms. The van der Waals surface area contributed by atoms with Crippen LogP contribution in [0.4, 0.5) is 5.69 Å². The maximum absolute atomic E-state index is 5.87. The molecule has 0 fully saturated rings. The van der Waals surface area contributed by atoms with Crippen LogP contribution in [-0.2, 0) is 6.54 Å². The highest BCUT2D eigenvalue weighted by atomic mass is 16.5. The maximum atomic E-state index is 5.87. The fraction of sp³-hybridized carbons (Fsp3) is 0.500. The summed E-state index contributed by atoms with van der Waals surface area (Å²) in [6.07, 6.45) is 4.72. The lowest BCUT2D eigenvalue weighted by Gasteiger charge is -2.07. The van der Waals surface area contributed by atoms with Gasteiger partial charge in [-0.2, -0.15) is 0 Å². The Balaban J connectivity index is 2.16. The summed E-state index contributed by atoms with van der Waals surface area (Å²) in [5, 5.41) is 11.9. The zero-order valence-corrected chi connectivity index (χ0v) is 12.0. The van der Waals surface area contributed by atoms with E-state index in [1.54, 1.807) is 13.2 Å². The van der Waals surface area contributed by atoms with Crippen LogP contribution in [0.25, 0.3) is 11.4 Å². The highest BCUT2D eigenvalue weighted by Crippen LogP contribution is 2.25. The molecule has 0 bridgehead atoms. The van der Waals surface area contributed by atoms with E-state index in [1.807, 2.05) is 16.8 Å². The van der Waals surface area contributed by atoms with Gasteiger partial charge in [-0.25, -0.2) is 4.68 Å². The third-order valence-corrected chi connectivity index (χ3v) is 3.18. The molecule has 0 aliphatic heterocycles. The van der Waals surface area contributed by atoms with E-state index in [2.05, 4.69) is 22.4 Å². The van der Waals surface area contributed by atoms with Gasteiger partial charge in [0.1, 0.15) is 5.75 Å². The molecular formula is C14H21N5O. The Morgan fingerprint density at radius 1 is 1.20 bits per heavy atom. The number of anilines is 1. The molecule has 0 radical (unpaired) electrons. The second-order valence-corrected chi connectivity index (χ2v) is 4.78. The quantitative estimate of drug-likeness (QED) is 0.620. The molecule has 0 atom stereocenters. The number of hydrogen-bond acceptors (Lipinski definition) is 5. The number of nitrogen functional groups attached to an aromatic ring is 1. The Bertz CT molecular complexity index is 552. The normalized spacial score (nSPS) is 10.7. The van der Waals surface area contributed by atoms with E-state index in [0.29, 0.717) is 11.4 Å². The van der Waals surface area contributed by atoms with Gasteiger partial charge in [-0.05, 0) is 29.0 Å². The molecular weight excluding hydrogens is 254 g/mol. The first-order chi connectivity index (χ1) is 9.74. The molecule has 0 unspecified atom stereocenters. The first-order valence-corrected chi connectivity index (χ1v) is 6.95. The molecule has 0 saturated heterocycles. The zero-order chi connectivity index (χ0) is 14.4. The topological polar surface area (TPSA) is 78.9 Å². The minimum atomic E-state index is 0.639. The van der Waals surface area contributed by atoms with Crippen LogP contribution < -0.4 is 10.5 Å². The van der Waals surface area contributed by atoms with Crippen LogP contribution in [-0.4, -0.2) is 27.3 Å². The first kappa shape index (κ1) is 14.3. The third kappa shape index (κ3) is 3.46. The van der Waals surface area contributed by atoms with Crippen LogP contribution in [0.15, 0.2) is 18.2 Å². The summed E-state index contributed by atoms with van der Waals surface area (Å²) in [5.74, 6) is 1.44. The molecule has 0 saturated carbocycles. The summed E-state index contributed by atoms with van der Waals surface area (Å²) in [7, 11) is 1.62. The minimum Gasteiger partial charge on any atom is -0.497 e. The molecule has 2 aromatic rings. The number of unbranched alkanes of at least 4 members (excludes halogenated alkanes) is 3. The molecule has 0 spiro atoms. The van der Waals surface area contributed by atoms with Crippen molar-refractivity contribution in [2.24, 2.45) is 0 Å². The summed E-state index contributed by atoms with van der Waals surface area (Å²) in [6, 6.07) is 5.53. The highest BCUT2D eigenvalue weighted by Gasteiger charge is 2.10.